The lowest BCUT2D eigenvalue weighted by Gasteiger charge is -2.36. The third-order valence-electron chi connectivity index (χ3n) is 6.09. The highest BCUT2D eigenvalue weighted by Crippen LogP contribution is 2.32. The molecule has 2 aromatic carbocycles. The van der Waals surface area contributed by atoms with Crippen LogP contribution in [0.1, 0.15) is 43.1 Å². The molecule has 4 rings (SSSR count). The van der Waals surface area contributed by atoms with E-state index in [1.807, 2.05) is 32.0 Å². The standard InChI is InChI=1S/C25H30N2O6S/c1-17-15-26(16-18(2)32-17)24(28)19(3)33-25(29)21-9-6-11-22(14-21)34(30,31)27-13-7-10-20-8-4-5-12-23(20)27/h4-6,8-9,11-12,14,17-19H,7,10,13,15-16H2,1-3H3. The van der Waals surface area contributed by atoms with Crippen molar-refractivity contribution in [2.45, 2.75) is 56.8 Å². The van der Waals surface area contributed by atoms with Gasteiger partial charge in [0.15, 0.2) is 6.10 Å². The molecule has 1 saturated heterocycles. The van der Waals surface area contributed by atoms with Crippen LogP contribution in [0, 0.1) is 0 Å². The molecule has 8 nitrogen and oxygen atoms in total. The molecule has 2 aromatic rings. The van der Waals surface area contributed by atoms with Crippen LogP contribution in [0.4, 0.5) is 5.69 Å². The van der Waals surface area contributed by atoms with Gasteiger partial charge in [0.05, 0.1) is 28.4 Å². The second-order valence-corrected chi connectivity index (χ2v) is 10.7. The fourth-order valence-electron chi connectivity index (χ4n) is 4.55. The number of amides is 1. The molecule has 0 aromatic heterocycles. The molecule has 1 amide bonds. The van der Waals surface area contributed by atoms with Gasteiger partial charge in [0.25, 0.3) is 15.9 Å². The zero-order chi connectivity index (χ0) is 24.5. The van der Waals surface area contributed by atoms with Gasteiger partial charge < -0.3 is 14.4 Å². The van der Waals surface area contributed by atoms with Crippen LogP contribution in [0.25, 0.3) is 0 Å². The summed E-state index contributed by atoms with van der Waals surface area (Å²) in [4.78, 5) is 27.2. The summed E-state index contributed by atoms with van der Waals surface area (Å²) in [5.41, 5.74) is 1.72. The van der Waals surface area contributed by atoms with E-state index >= 15 is 0 Å². The molecule has 0 spiro atoms. The molecule has 0 aliphatic carbocycles. The van der Waals surface area contributed by atoms with Crippen molar-refractivity contribution in [3.63, 3.8) is 0 Å². The zero-order valence-corrected chi connectivity index (χ0v) is 20.5. The number of carbonyl (C=O) groups excluding carboxylic acids is 2. The number of nitrogens with zero attached hydrogens (tertiary/aromatic N) is 2. The molecule has 0 saturated carbocycles. The summed E-state index contributed by atoms with van der Waals surface area (Å²) in [6, 6.07) is 13.2. The maximum absolute atomic E-state index is 13.4. The Kier molecular flexibility index (Phi) is 6.95. The van der Waals surface area contributed by atoms with Gasteiger partial charge in [-0.1, -0.05) is 24.3 Å². The molecule has 2 aliphatic heterocycles. The van der Waals surface area contributed by atoms with Crippen LogP contribution in [0.3, 0.4) is 0 Å². The van der Waals surface area contributed by atoms with Crippen LogP contribution in [-0.2, 0) is 30.7 Å². The number of sulfonamides is 1. The molecule has 0 bridgehead atoms. The maximum Gasteiger partial charge on any atom is 0.338 e. The van der Waals surface area contributed by atoms with Gasteiger partial charge in [-0.15, -0.1) is 0 Å². The monoisotopic (exact) mass is 486 g/mol. The molecule has 0 radical (unpaired) electrons. The van der Waals surface area contributed by atoms with E-state index in [0.29, 0.717) is 25.3 Å². The highest BCUT2D eigenvalue weighted by atomic mass is 32.2. The number of esters is 1. The minimum Gasteiger partial charge on any atom is -0.449 e. The van der Waals surface area contributed by atoms with E-state index in [-0.39, 0.29) is 28.6 Å². The van der Waals surface area contributed by atoms with Crippen LogP contribution in [0.15, 0.2) is 53.4 Å². The Morgan fingerprint density at radius 1 is 1.06 bits per heavy atom. The first kappa shape index (κ1) is 24.2. The van der Waals surface area contributed by atoms with Crippen molar-refractivity contribution >= 4 is 27.6 Å². The Hall–Kier alpha value is -2.91. The van der Waals surface area contributed by atoms with Gasteiger partial charge in [-0.2, -0.15) is 0 Å². The van der Waals surface area contributed by atoms with E-state index in [1.165, 1.54) is 35.5 Å². The van der Waals surface area contributed by atoms with E-state index in [1.54, 1.807) is 11.0 Å². The molecular formula is C25H30N2O6S. The molecule has 9 heteroatoms. The third-order valence-corrected chi connectivity index (χ3v) is 7.90. The first-order valence-electron chi connectivity index (χ1n) is 11.5. The summed E-state index contributed by atoms with van der Waals surface area (Å²) in [6.45, 7) is 6.52. The summed E-state index contributed by atoms with van der Waals surface area (Å²) < 4.78 is 39.3. The molecule has 2 aliphatic rings. The summed E-state index contributed by atoms with van der Waals surface area (Å²) in [5.74, 6) is -1.05. The number of anilines is 1. The van der Waals surface area contributed by atoms with E-state index in [0.717, 1.165) is 18.4 Å². The fourth-order valence-corrected chi connectivity index (χ4v) is 6.14. The lowest BCUT2D eigenvalue weighted by Crippen LogP contribution is -2.51. The van der Waals surface area contributed by atoms with E-state index in [9.17, 15) is 18.0 Å². The van der Waals surface area contributed by atoms with Crippen LogP contribution < -0.4 is 4.31 Å². The van der Waals surface area contributed by atoms with Gasteiger partial charge in [0.1, 0.15) is 0 Å². The predicted molar refractivity (Wildman–Crippen MR) is 127 cm³/mol. The quantitative estimate of drug-likeness (QED) is 0.603. The lowest BCUT2D eigenvalue weighted by molar-refractivity contribution is -0.151. The molecule has 1 fully saturated rings. The largest absolute Gasteiger partial charge is 0.449 e. The van der Waals surface area contributed by atoms with Gasteiger partial charge in [-0.05, 0) is 63.4 Å². The zero-order valence-electron chi connectivity index (χ0n) is 19.6. The Morgan fingerprint density at radius 2 is 1.76 bits per heavy atom. The summed E-state index contributed by atoms with van der Waals surface area (Å²) in [5, 5.41) is 0. The van der Waals surface area contributed by atoms with Gasteiger partial charge in [0, 0.05) is 19.6 Å². The van der Waals surface area contributed by atoms with Crippen LogP contribution >= 0.6 is 0 Å². The summed E-state index contributed by atoms with van der Waals surface area (Å²) >= 11 is 0. The fraction of sp³-hybridized carbons (Fsp3) is 0.440. The topological polar surface area (TPSA) is 93.2 Å². The number of aryl methyl sites for hydroxylation is 1. The molecule has 182 valence electrons. The number of para-hydroxylation sites is 1. The van der Waals surface area contributed by atoms with Gasteiger partial charge in [-0.25, -0.2) is 13.2 Å². The van der Waals surface area contributed by atoms with Gasteiger partial charge in [0.2, 0.25) is 0 Å². The smallest absolute Gasteiger partial charge is 0.338 e. The van der Waals surface area contributed by atoms with Crippen molar-refractivity contribution in [1.29, 1.82) is 0 Å². The SMILES string of the molecule is CC1CN(C(=O)C(C)OC(=O)c2cccc(S(=O)(=O)N3CCCc4ccccc43)c2)CC(C)O1. The highest BCUT2D eigenvalue weighted by molar-refractivity contribution is 7.92. The normalized spacial score (nSPS) is 21.5. The third kappa shape index (κ3) is 4.95. The van der Waals surface area contributed by atoms with Crippen molar-refractivity contribution in [2.75, 3.05) is 23.9 Å². The number of morpholine rings is 1. The average Bonchev–Trinajstić information content (AvgIpc) is 2.82. The Labute approximate surface area is 200 Å². The van der Waals surface area contributed by atoms with E-state index in [4.69, 9.17) is 9.47 Å². The highest BCUT2D eigenvalue weighted by Gasteiger charge is 2.32. The number of ether oxygens (including phenoxy) is 2. The van der Waals surface area contributed by atoms with Crippen LogP contribution in [0.2, 0.25) is 0 Å². The van der Waals surface area contributed by atoms with Crippen molar-refractivity contribution in [3.8, 4) is 0 Å². The molecule has 2 heterocycles. The molecular weight excluding hydrogens is 456 g/mol. The van der Waals surface area contributed by atoms with Crippen LogP contribution in [0.5, 0.6) is 0 Å². The molecule has 34 heavy (non-hydrogen) atoms. The minimum absolute atomic E-state index is 0.00783. The Balaban J connectivity index is 1.50. The van der Waals surface area contributed by atoms with E-state index in [2.05, 4.69) is 0 Å². The summed E-state index contributed by atoms with van der Waals surface area (Å²) in [6.07, 6.45) is 0.339. The Morgan fingerprint density at radius 3 is 2.50 bits per heavy atom. The summed E-state index contributed by atoms with van der Waals surface area (Å²) in [7, 11) is -3.87. The van der Waals surface area contributed by atoms with Gasteiger partial charge in [-0.3, -0.25) is 9.10 Å². The first-order valence-corrected chi connectivity index (χ1v) is 13.0. The second-order valence-electron chi connectivity index (χ2n) is 8.89. The van der Waals surface area contributed by atoms with Gasteiger partial charge >= 0.3 is 5.97 Å². The first-order chi connectivity index (χ1) is 16.2. The maximum atomic E-state index is 13.4. The number of rotatable bonds is 5. The van der Waals surface area contributed by atoms with Crippen molar-refractivity contribution in [2.24, 2.45) is 0 Å². The number of fused-ring (bicyclic) bond motifs is 1. The Bertz CT molecular complexity index is 1170. The van der Waals surface area contributed by atoms with Crippen molar-refractivity contribution < 1.29 is 27.5 Å². The molecule has 3 unspecified atom stereocenters. The number of carbonyl (C=O) groups is 2. The minimum atomic E-state index is -3.87. The van der Waals surface area contributed by atoms with E-state index < -0.39 is 22.1 Å². The second kappa shape index (κ2) is 9.76. The van der Waals surface area contributed by atoms with Crippen molar-refractivity contribution in [3.05, 3.63) is 59.7 Å². The lowest BCUT2D eigenvalue weighted by atomic mass is 10.0. The number of benzene rings is 2. The predicted octanol–water partition coefficient (Wildman–Crippen LogP) is 3.01. The average molecular weight is 487 g/mol. The van der Waals surface area contributed by atoms with Crippen LogP contribution in [-0.4, -0.2) is 63.1 Å². The number of hydrogen-bond donors (Lipinski definition) is 0. The molecule has 0 N–H and O–H groups in total. The molecule has 3 atom stereocenters. The van der Waals surface area contributed by atoms with Crippen molar-refractivity contribution in [1.82, 2.24) is 4.90 Å². The number of hydrogen-bond acceptors (Lipinski definition) is 6.